The lowest BCUT2D eigenvalue weighted by Crippen LogP contribution is -2.37. The molecule has 15 nitrogen and oxygen atoms in total. The van der Waals surface area contributed by atoms with Gasteiger partial charge < -0.3 is 14.0 Å². The van der Waals surface area contributed by atoms with E-state index < -0.39 is 22.7 Å². The maximum absolute atomic E-state index is 16.1. The molecule has 8 aromatic rings. The first kappa shape index (κ1) is 40.0. The van der Waals surface area contributed by atoms with Gasteiger partial charge in [-0.25, -0.2) is 23.1 Å². The molecule has 2 saturated carbocycles. The summed E-state index contributed by atoms with van der Waals surface area (Å²) in [5.74, 6) is -0.991. The van der Waals surface area contributed by atoms with Gasteiger partial charge in [0.25, 0.3) is 5.91 Å². The van der Waals surface area contributed by atoms with Gasteiger partial charge in [0.05, 0.1) is 62.8 Å². The molecule has 2 aliphatic heterocycles. The fraction of sp³-hybridized carbons (Fsp3) is 0.362. The molecule has 8 heterocycles. The Balaban J connectivity index is 0.990. The van der Waals surface area contributed by atoms with Gasteiger partial charge in [-0.05, 0) is 112 Å². The highest BCUT2D eigenvalue weighted by atomic mass is 35.5. The second-order valence-electron chi connectivity index (χ2n) is 18.6. The zero-order chi connectivity index (χ0) is 44.7. The Kier molecular flexibility index (Phi) is 8.73. The van der Waals surface area contributed by atoms with Crippen molar-refractivity contribution < 1.29 is 22.8 Å². The number of rotatable bonds is 8. The van der Waals surface area contributed by atoms with Crippen LogP contribution in [-0.4, -0.2) is 72.8 Å². The van der Waals surface area contributed by atoms with Crippen LogP contribution in [0.5, 0.6) is 0 Å². The van der Waals surface area contributed by atoms with Crippen LogP contribution >= 0.6 is 11.6 Å². The molecule has 6 aromatic heterocycles. The molecule has 3 fully saturated rings. The summed E-state index contributed by atoms with van der Waals surface area (Å²) >= 11 is 7.42. The quantitative estimate of drug-likeness (QED) is 0.166. The summed E-state index contributed by atoms with van der Waals surface area (Å²) in [6.07, 6.45) is 11.4. The third kappa shape index (κ3) is 6.21. The molecule has 0 unspecified atom stereocenters. The maximum atomic E-state index is 16.1. The van der Waals surface area contributed by atoms with E-state index in [0.29, 0.717) is 76.6 Å². The van der Waals surface area contributed by atoms with Crippen molar-refractivity contribution in [2.75, 3.05) is 13.2 Å². The molecule has 1 N–H and O–H groups in total. The molecule has 0 spiro atoms. The van der Waals surface area contributed by atoms with Crippen molar-refractivity contribution in [3.63, 3.8) is 0 Å². The Labute approximate surface area is 373 Å². The van der Waals surface area contributed by atoms with Gasteiger partial charge >= 0.3 is 11.4 Å². The lowest BCUT2D eigenvalue weighted by Gasteiger charge is -2.35. The van der Waals surface area contributed by atoms with Crippen molar-refractivity contribution in [1.29, 1.82) is 0 Å². The summed E-state index contributed by atoms with van der Waals surface area (Å²) in [6.45, 7) is 5.10. The zero-order valence-corrected chi connectivity index (χ0v) is 36.5. The Hall–Kier alpha value is -6.59. The smallest absolute Gasteiger partial charge is 0.376 e. The normalized spacial score (nSPS) is 19.0. The van der Waals surface area contributed by atoms with E-state index in [-0.39, 0.29) is 64.0 Å². The summed E-state index contributed by atoms with van der Waals surface area (Å²) in [6, 6.07) is 12.1. The van der Waals surface area contributed by atoms with Gasteiger partial charge in [0.2, 0.25) is 0 Å². The molecule has 0 bridgehead atoms. The van der Waals surface area contributed by atoms with Crippen LogP contribution in [0.2, 0.25) is 5.15 Å². The highest BCUT2D eigenvalue weighted by molar-refractivity contribution is 6.34. The molecular weight excluding hydrogens is 858 g/mol. The van der Waals surface area contributed by atoms with Crippen molar-refractivity contribution in [3.8, 4) is 17.2 Å². The SMILES string of the molecule is Cn1ncc2c(F)c(-n3ccn(-c4c5c(nn4-c4ccc(F)c(C6CC6)c4)CCN(C(=O)c4c(C6(c7noc(=O)[nH]7)CC6)c6ccc([C@@H]7CCOC(C)(C)C7)cn6c4Cl)C5)c3=O)ccc21. The highest BCUT2D eigenvalue weighted by Crippen LogP contribution is 2.56. The molecule has 4 aliphatic rings. The van der Waals surface area contributed by atoms with Crippen LogP contribution in [0.1, 0.15) is 108 Å². The third-order valence-electron chi connectivity index (χ3n) is 14.0. The van der Waals surface area contributed by atoms with Crippen molar-refractivity contribution in [2.45, 2.75) is 88.2 Å². The molecule has 65 heavy (non-hydrogen) atoms. The number of fused-ring (bicyclic) bond motifs is 3. The number of pyridine rings is 1. The summed E-state index contributed by atoms with van der Waals surface area (Å²) in [5.41, 5.74) is 3.99. The average Bonchev–Trinajstić information content (AvgIpc) is 4.08. The number of imidazole rings is 1. The van der Waals surface area contributed by atoms with Crippen LogP contribution in [-0.2, 0) is 30.2 Å². The number of H-pyrrole nitrogens is 1. The fourth-order valence-electron chi connectivity index (χ4n) is 10.4. The number of benzene rings is 2. The Bertz CT molecular complexity index is 3410. The largest absolute Gasteiger partial charge is 0.438 e. The van der Waals surface area contributed by atoms with Crippen molar-refractivity contribution >= 4 is 33.9 Å². The second kappa shape index (κ2) is 14.2. The Morgan fingerprint density at radius 1 is 0.985 bits per heavy atom. The highest BCUT2D eigenvalue weighted by Gasteiger charge is 2.54. The minimum absolute atomic E-state index is 0.0337. The van der Waals surface area contributed by atoms with E-state index in [1.54, 1.807) is 45.7 Å². The Morgan fingerprint density at radius 3 is 2.54 bits per heavy atom. The van der Waals surface area contributed by atoms with E-state index in [2.05, 4.69) is 35.2 Å². The third-order valence-corrected chi connectivity index (χ3v) is 14.4. The number of hydrogen-bond donors (Lipinski definition) is 1. The van der Waals surface area contributed by atoms with Crippen molar-refractivity contribution in [3.05, 3.63) is 144 Å². The first-order valence-electron chi connectivity index (χ1n) is 22.0. The molecule has 1 saturated heterocycles. The molecule has 2 aromatic carbocycles. The van der Waals surface area contributed by atoms with Gasteiger partial charge in [0.1, 0.15) is 16.8 Å². The van der Waals surface area contributed by atoms with Crippen LogP contribution in [0.15, 0.2) is 81.4 Å². The van der Waals surface area contributed by atoms with Gasteiger partial charge in [-0.3, -0.25) is 28.1 Å². The molecular formula is C47H43ClF2N10O5. The molecule has 0 radical (unpaired) electrons. The number of aromatic nitrogens is 9. The fourth-order valence-corrected chi connectivity index (χ4v) is 10.7. The van der Waals surface area contributed by atoms with Gasteiger partial charge in [-0.1, -0.05) is 22.8 Å². The van der Waals surface area contributed by atoms with Crippen LogP contribution in [0.4, 0.5) is 8.78 Å². The van der Waals surface area contributed by atoms with Gasteiger partial charge in [-0.15, -0.1) is 0 Å². The van der Waals surface area contributed by atoms with Crippen LogP contribution < -0.4 is 11.4 Å². The van der Waals surface area contributed by atoms with E-state index in [1.807, 2.05) is 16.7 Å². The number of aromatic amines is 1. The van der Waals surface area contributed by atoms with E-state index in [9.17, 15) is 9.59 Å². The summed E-state index contributed by atoms with van der Waals surface area (Å²) in [7, 11) is 1.72. The zero-order valence-electron chi connectivity index (χ0n) is 35.8. The van der Waals surface area contributed by atoms with E-state index in [0.717, 1.165) is 31.2 Å². The van der Waals surface area contributed by atoms with E-state index in [4.69, 9.17) is 26.0 Å². The number of hydrogen-bond acceptors (Lipinski definition) is 8. The number of carbonyl (C=O) groups is 1. The van der Waals surface area contributed by atoms with Crippen LogP contribution in [0.25, 0.3) is 33.6 Å². The number of nitrogens with one attached hydrogen (secondary N) is 1. The van der Waals surface area contributed by atoms with Crippen LogP contribution in [0.3, 0.4) is 0 Å². The lowest BCUT2D eigenvalue weighted by atomic mass is 9.84. The molecule has 18 heteroatoms. The van der Waals surface area contributed by atoms with Gasteiger partial charge in [-0.2, -0.15) is 10.2 Å². The lowest BCUT2D eigenvalue weighted by molar-refractivity contribution is -0.0593. The number of carbonyl (C=O) groups excluding carboxylic acids is 1. The van der Waals surface area contributed by atoms with Crippen molar-refractivity contribution in [2.24, 2.45) is 7.05 Å². The monoisotopic (exact) mass is 900 g/mol. The molecule has 1 amide bonds. The van der Waals surface area contributed by atoms with Gasteiger partial charge in [0, 0.05) is 56.3 Å². The predicted molar refractivity (Wildman–Crippen MR) is 235 cm³/mol. The number of nitrogens with zero attached hydrogens (tertiary/aromatic N) is 9. The molecule has 2 aliphatic carbocycles. The summed E-state index contributed by atoms with van der Waals surface area (Å²) < 4.78 is 50.0. The standard InChI is InChI=1S/C47H43ClF2N10O5/c1-46(2)21-26(13-19-64-46)27-6-9-35-38(47(14-15-47)43-52-44(62)65-54-43)37(40(48)59(35)23-27)42(61)56-16-12-33-31(24-56)41(60(53-33)28-7-8-32(49)29(20-28)25-4-5-25)58-18-17-57(45(58)63)36-11-10-34-30(39(36)50)22-51-55(34)3/h6-11,17-18,20,22-23,25-26H,4-5,12-16,19,21,24H2,1-3H3,(H,52,54,62)/t26-/m1/s1. The number of ether oxygens (including phenoxy) is 1. The van der Waals surface area contributed by atoms with Gasteiger partial charge in [0.15, 0.2) is 11.6 Å². The Morgan fingerprint density at radius 2 is 1.78 bits per heavy atom. The first-order chi connectivity index (χ1) is 31.3. The summed E-state index contributed by atoms with van der Waals surface area (Å²) in [4.78, 5) is 46.8. The molecule has 1 atom stereocenters. The molecule has 12 rings (SSSR count). The molecule has 332 valence electrons. The minimum atomic E-state index is -0.832. The van der Waals surface area contributed by atoms with E-state index >= 15 is 13.6 Å². The number of amides is 1. The predicted octanol–water partition coefficient (Wildman–Crippen LogP) is 7.39. The number of aryl methyl sites for hydroxylation is 1. The average molecular weight is 901 g/mol. The van der Waals surface area contributed by atoms with Crippen molar-refractivity contribution in [1.82, 2.24) is 48.1 Å². The maximum Gasteiger partial charge on any atom is 0.438 e. The van der Waals surface area contributed by atoms with Crippen LogP contribution in [0, 0.1) is 11.6 Å². The van der Waals surface area contributed by atoms with E-state index in [1.165, 1.54) is 33.7 Å². The number of halogens is 3. The summed E-state index contributed by atoms with van der Waals surface area (Å²) in [5, 5.41) is 13.8. The first-order valence-corrected chi connectivity index (χ1v) is 22.3. The minimum Gasteiger partial charge on any atom is -0.376 e. The topological polar surface area (TPSA) is 155 Å². The second-order valence-corrected chi connectivity index (χ2v) is 19.0.